The van der Waals surface area contributed by atoms with Gasteiger partial charge in [-0.05, 0) is 24.5 Å². The summed E-state index contributed by atoms with van der Waals surface area (Å²) in [6.45, 7) is 1.47. The van der Waals surface area contributed by atoms with Crippen molar-refractivity contribution < 1.29 is 9.90 Å². The summed E-state index contributed by atoms with van der Waals surface area (Å²) in [5.74, 6) is 0.780. The lowest BCUT2D eigenvalue weighted by atomic mass is 9.97. The third-order valence-electron chi connectivity index (χ3n) is 4.06. The summed E-state index contributed by atoms with van der Waals surface area (Å²) in [6, 6.07) is 12.0. The van der Waals surface area contributed by atoms with E-state index in [0.717, 1.165) is 24.7 Å². The lowest BCUT2D eigenvalue weighted by molar-refractivity contribution is -0.142. The first kappa shape index (κ1) is 14.5. The predicted molar refractivity (Wildman–Crippen MR) is 83.9 cm³/mol. The van der Waals surface area contributed by atoms with Crippen LogP contribution in [0.4, 0.5) is 5.82 Å². The van der Waals surface area contributed by atoms with Crippen molar-refractivity contribution in [1.82, 2.24) is 9.97 Å². The third-order valence-corrected chi connectivity index (χ3v) is 4.06. The number of hydrogen-bond acceptors (Lipinski definition) is 4. The summed E-state index contributed by atoms with van der Waals surface area (Å²) in [5.41, 5.74) is 1.18. The van der Waals surface area contributed by atoms with E-state index in [-0.39, 0.29) is 5.92 Å². The molecule has 1 aliphatic heterocycles. The maximum absolute atomic E-state index is 11.0. The zero-order valence-electron chi connectivity index (χ0n) is 12.4. The number of piperidine rings is 1. The van der Waals surface area contributed by atoms with Crippen LogP contribution in [0.5, 0.6) is 0 Å². The molecular weight excluding hydrogens is 278 g/mol. The van der Waals surface area contributed by atoms with Crippen molar-refractivity contribution in [3.05, 3.63) is 54.0 Å². The lowest BCUT2D eigenvalue weighted by Crippen LogP contribution is -2.36. The van der Waals surface area contributed by atoms with E-state index in [1.54, 1.807) is 6.20 Å². The van der Waals surface area contributed by atoms with Crippen LogP contribution >= 0.6 is 0 Å². The maximum atomic E-state index is 11.0. The minimum absolute atomic E-state index is 0.220. The van der Waals surface area contributed by atoms with Crippen LogP contribution in [0, 0.1) is 5.92 Å². The highest BCUT2D eigenvalue weighted by molar-refractivity contribution is 5.70. The van der Waals surface area contributed by atoms with Crippen molar-refractivity contribution in [2.45, 2.75) is 19.3 Å². The van der Waals surface area contributed by atoms with Crippen molar-refractivity contribution in [2.75, 3.05) is 18.0 Å². The average molecular weight is 297 g/mol. The molecule has 1 aromatic heterocycles. The summed E-state index contributed by atoms with van der Waals surface area (Å²) in [4.78, 5) is 22.1. The Morgan fingerprint density at radius 3 is 2.59 bits per heavy atom. The second-order valence-electron chi connectivity index (χ2n) is 5.59. The number of benzene rings is 1. The summed E-state index contributed by atoms with van der Waals surface area (Å²) in [5, 5.41) is 9.06. The average Bonchev–Trinajstić information content (AvgIpc) is 2.56. The minimum Gasteiger partial charge on any atom is -0.481 e. The van der Waals surface area contributed by atoms with Gasteiger partial charge in [-0.3, -0.25) is 4.79 Å². The molecule has 1 saturated heterocycles. The molecule has 1 N–H and O–H groups in total. The van der Waals surface area contributed by atoms with Gasteiger partial charge in [-0.15, -0.1) is 0 Å². The molecule has 2 heterocycles. The topological polar surface area (TPSA) is 66.3 Å². The van der Waals surface area contributed by atoms with Crippen molar-refractivity contribution in [2.24, 2.45) is 5.92 Å². The highest BCUT2D eigenvalue weighted by Gasteiger charge is 2.25. The van der Waals surface area contributed by atoms with E-state index >= 15 is 0 Å². The van der Waals surface area contributed by atoms with Crippen molar-refractivity contribution in [1.29, 1.82) is 0 Å². The third kappa shape index (κ3) is 3.42. The molecule has 1 fully saturated rings. The number of carboxylic acid groups (broad SMARTS) is 1. The largest absolute Gasteiger partial charge is 0.481 e. The van der Waals surface area contributed by atoms with E-state index in [1.807, 2.05) is 24.3 Å². The molecule has 0 unspecified atom stereocenters. The first-order valence-corrected chi connectivity index (χ1v) is 7.56. The highest BCUT2D eigenvalue weighted by Crippen LogP contribution is 2.22. The molecule has 0 saturated carbocycles. The molecule has 1 aromatic carbocycles. The second-order valence-corrected chi connectivity index (χ2v) is 5.59. The van der Waals surface area contributed by atoms with Gasteiger partial charge in [-0.2, -0.15) is 0 Å². The van der Waals surface area contributed by atoms with E-state index in [9.17, 15) is 4.79 Å². The molecule has 0 bridgehead atoms. The molecule has 0 aliphatic carbocycles. The number of aliphatic carboxylic acids is 1. The first-order chi connectivity index (χ1) is 10.7. The Labute approximate surface area is 129 Å². The first-order valence-electron chi connectivity index (χ1n) is 7.56. The molecule has 0 spiro atoms. The molecule has 2 aromatic rings. The van der Waals surface area contributed by atoms with E-state index < -0.39 is 5.97 Å². The van der Waals surface area contributed by atoms with Gasteiger partial charge in [0.1, 0.15) is 11.6 Å². The molecule has 5 heteroatoms. The fraction of sp³-hybridized carbons (Fsp3) is 0.353. The number of carbonyl (C=O) groups is 1. The molecule has 114 valence electrons. The number of rotatable bonds is 4. The van der Waals surface area contributed by atoms with E-state index in [1.165, 1.54) is 5.56 Å². The summed E-state index contributed by atoms with van der Waals surface area (Å²) >= 11 is 0. The molecular formula is C17H19N3O2. The maximum Gasteiger partial charge on any atom is 0.306 e. The number of anilines is 1. The lowest BCUT2D eigenvalue weighted by Gasteiger charge is -2.31. The van der Waals surface area contributed by atoms with Gasteiger partial charge in [0.15, 0.2) is 0 Å². The van der Waals surface area contributed by atoms with Gasteiger partial charge in [-0.1, -0.05) is 30.3 Å². The SMILES string of the molecule is O=C(O)C1CCN(c2ccnc(Cc3ccccc3)n2)CC1. The quantitative estimate of drug-likeness (QED) is 0.938. The molecule has 0 atom stereocenters. The number of carboxylic acids is 1. The van der Waals surface area contributed by atoms with Gasteiger partial charge in [-0.25, -0.2) is 9.97 Å². The Balaban J connectivity index is 1.68. The number of nitrogens with zero attached hydrogens (tertiary/aromatic N) is 3. The Morgan fingerprint density at radius 2 is 1.91 bits per heavy atom. The summed E-state index contributed by atoms with van der Waals surface area (Å²) < 4.78 is 0. The van der Waals surface area contributed by atoms with Crippen molar-refractivity contribution in [3.63, 3.8) is 0 Å². The van der Waals surface area contributed by atoms with Gasteiger partial charge in [0.25, 0.3) is 0 Å². The fourth-order valence-electron chi connectivity index (χ4n) is 2.78. The molecule has 3 rings (SSSR count). The Morgan fingerprint density at radius 1 is 1.18 bits per heavy atom. The molecule has 5 nitrogen and oxygen atoms in total. The zero-order chi connectivity index (χ0) is 15.4. The van der Waals surface area contributed by atoms with Crippen LogP contribution in [0.1, 0.15) is 24.2 Å². The monoisotopic (exact) mass is 297 g/mol. The van der Waals surface area contributed by atoms with Crippen molar-refractivity contribution >= 4 is 11.8 Å². The van der Waals surface area contributed by atoms with Crippen molar-refractivity contribution in [3.8, 4) is 0 Å². The van der Waals surface area contributed by atoms with E-state index in [0.29, 0.717) is 19.3 Å². The molecule has 0 radical (unpaired) electrons. The molecule has 1 aliphatic rings. The van der Waals surface area contributed by atoms with Crippen LogP contribution in [0.3, 0.4) is 0 Å². The number of hydrogen-bond donors (Lipinski definition) is 1. The van der Waals surface area contributed by atoms with Gasteiger partial charge in [0.2, 0.25) is 0 Å². The summed E-state index contributed by atoms with van der Waals surface area (Å²) in [7, 11) is 0. The van der Waals surface area contributed by atoms with E-state index in [4.69, 9.17) is 5.11 Å². The minimum atomic E-state index is -0.688. The fourth-order valence-corrected chi connectivity index (χ4v) is 2.78. The molecule has 22 heavy (non-hydrogen) atoms. The van der Waals surface area contributed by atoms with Crippen LogP contribution in [0.2, 0.25) is 0 Å². The smallest absolute Gasteiger partial charge is 0.306 e. The van der Waals surface area contributed by atoms with Crippen LogP contribution in [-0.2, 0) is 11.2 Å². The summed E-state index contributed by atoms with van der Waals surface area (Å²) in [6.07, 6.45) is 3.84. The van der Waals surface area contributed by atoms with Gasteiger partial charge < -0.3 is 10.0 Å². The predicted octanol–water partition coefficient (Wildman–Crippen LogP) is 2.37. The Hall–Kier alpha value is -2.43. The van der Waals surface area contributed by atoms with Gasteiger partial charge in [0, 0.05) is 25.7 Å². The van der Waals surface area contributed by atoms with E-state index in [2.05, 4.69) is 27.0 Å². The Kier molecular flexibility index (Phi) is 4.32. The molecule has 0 amide bonds. The highest BCUT2D eigenvalue weighted by atomic mass is 16.4. The van der Waals surface area contributed by atoms with Gasteiger partial charge in [0.05, 0.1) is 5.92 Å². The van der Waals surface area contributed by atoms with Crippen LogP contribution in [0.25, 0.3) is 0 Å². The second kappa shape index (κ2) is 6.56. The Bertz CT molecular complexity index is 637. The standard InChI is InChI=1S/C17H19N3O2/c21-17(22)14-7-10-20(11-8-14)16-6-9-18-15(19-16)12-13-4-2-1-3-5-13/h1-6,9,14H,7-8,10-12H2,(H,21,22). The normalized spacial score (nSPS) is 15.7. The van der Waals surface area contributed by atoms with Crippen LogP contribution < -0.4 is 4.90 Å². The van der Waals surface area contributed by atoms with Gasteiger partial charge >= 0.3 is 5.97 Å². The van der Waals surface area contributed by atoms with Crippen LogP contribution in [-0.4, -0.2) is 34.1 Å². The zero-order valence-corrected chi connectivity index (χ0v) is 12.4. The number of aromatic nitrogens is 2. The van der Waals surface area contributed by atoms with Crippen LogP contribution in [0.15, 0.2) is 42.6 Å².